The van der Waals surface area contributed by atoms with Gasteiger partial charge in [0, 0.05) is 0 Å². The zero-order valence-corrected chi connectivity index (χ0v) is 15.1. The van der Waals surface area contributed by atoms with Crippen LogP contribution in [0, 0.1) is 0 Å². The summed E-state index contributed by atoms with van der Waals surface area (Å²) in [6, 6.07) is 9.70. The van der Waals surface area contributed by atoms with Gasteiger partial charge in [-0.05, 0) is 64.0 Å². The number of imide groups is 2. The molecule has 132 valence electrons. The number of halogens is 1. The van der Waals surface area contributed by atoms with Crippen LogP contribution in [0.1, 0.15) is 5.56 Å². The lowest BCUT2D eigenvalue weighted by Gasteiger charge is -2.26. The lowest BCUT2D eigenvalue weighted by atomic mass is 10.1. The third-order valence-electron chi connectivity index (χ3n) is 3.70. The summed E-state index contributed by atoms with van der Waals surface area (Å²) in [7, 11) is 1.53. The Bertz CT molecular complexity index is 937. The molecule has 3 rings (SSSR count). The van der Waals surface area contributed by atoms with E-state index >= 15 is 0 Å². The zero-order chi connectivity index (χ0) is 18.8. The lowest BCUT2D eigenvalue weighted by Crippen LogP contribution is -2.54. The number of amides is 4. The molecule has 0 radical (unpaired) electrons. The second-order valence-corrected chi connectivity index (χ2v) is 6.22. The number of phenols is 1. The summed E-state index contributed by atoms with van der Waals surface area (Å²) in [4.78, 5) is 37.8. The minimum Gasteiger partial charge on any atom is -0.508 e. The normalized spacial score (nSPS) is 16.0. The molecule has 2 N–H and O–H groups in total. The molecule has 0 aliphatic carbocycles. The number of aromatic hydroxyl groups is 1. The molecule has 0 unspecified atom stereocenters. The van der Waals surface area contributed by atoms with Crippen LogP contribution in [0.25, 0.3) is 6.08 Å². The number of rotatable bonds is 3. The van der Waals surface area contributed by atoms with Crippen LogP contribution < -0.4 is 15.0 Å². The number of benzene rings is 2. The van der Waals surface area contributed by atoms with E-state index in [1.165, 1.54) is 37.5 Å². The molecule has 0 spiro atoms. The maximum absolute atomic E-state index is 12.7. The van der Waals surface area contributed by atoms with Crippen molar-refractivity contribution >= 4 is 45.5 Å². The molecule has 2 aromatic rings. The van der Waals surface area contributed by atoms with Gasteiger partial charge in [-0.15, -0.1) is 0 Å². The number of hydrogen-bond acceptors (Lipinski definition) is 5. The highest BCUT2D eigenvalue weighted by Gasteiger charge is 2.36. The number of carbonyl (C=O) groups excluding carboxylic acids is 3. The Morgan fingerprint density at radius 1 is 1.12 bits per heavy atom. The van der Waals surface area contributed by atoms with Gasteiger partial charge < -0.3 is 9.84 Å². The first-order valence-electron chi connectivity index (χ1n) is 7.44. The number of carbonyl (C=O) groups is 3. The molecule has 0 atom stereocenters. The summed E-state index contributed by atoms with van der Waals surface area (Å²) in [6.07, 6.45) is 1.39. The van der Waals surface area contributed by atoms with E-state index in [1.54, 1.807) is 18.2 Å². The van der Waals surface area contributed by atoms with Gasteiger partial charge in [-0.1, -0.05) is 6.07 Å². The van der Waals surface area contributed by atoms with Crippen molar-refractivity contribution in [2.75, 3.05) is 12.0 Å². The largest absolute Gasteiger partial charge is 0.508 e. The molecule has 0 saturated carbocycles. The van der Waals surface area contributed by atoms with Gasteiger partial charge in [0.25, 0.3) is 11.8 Å². The van der Waals surface area contributed by atoms with Gasteiger partial charge in [0.05, 0.1) is 17.3 Å². The lowest BCUT2D eigenvalue weighted by molar-refractivity contribution is -0.122. The Hall–Kier alpha value is -3.13. The van der Waals surface area contributed by atoms with Crippen LogP contribution in [0.3, 0.4) is 0 Å². The molecule has 8 heteroatoms. The summed E-state index contributed by atoms with van der Waals surface area (Å²) >= 11 is 3.34. The van der Waals surface area contributed by atoms with Gasteiger partial charge in [0.2, 0.25) is 0 Å². The van der Waals surface area contributed by atoms with Crippen molar-refractivity contribution in [2.24, 2.45) is 0 Å². The first kappa shape index (κ1) is 17.7. The van der Waals surface area contributed by atoms with Crippen LogP contribution in [0.5, 0.6) is 11.5 Å². The first-order valence-corrected chi connectivity index (χ1v) is 8.24. The van der Waals surface area contributed by atoms with Crippen molar-refractivity contribution < 1.29 is 24.2 Å². The summed E-state index contributed by atoms with van der Waals surface area (Å²) in [5, 5.41) is 11.5. The quantitative estimate of drug-likeness (QED) is 0.592. The van der Waals surface area contributed by atoms with Gasteiger partial charge >= 0.3 is 6.03 Å². The van der Waals surface area contributed by atoms with E-state index in [0.717, 1.165) is 4.90 Å². The Labute approximate surface area is 157 Å². The van der Waals surface area contributed by atoms with Crippen LogP contribution >= 0.6 is 15.9 Å². The van der Waals surface area contributed by atoms with Crippen molar-refractivity contribution in [2.45, 2.75) is 0 Å². The summed E-state index contributed by atoms with van der Waals surface area (Å²) in [5.41, 5.74) is 0.630. The average Bonchev–Trinajstić information content (AvgIpc) is 2.60. The minimum atomic E-state index is -0.848. The standard InChI is InChI=1S/C18H13BrN2O5/c1-26-15-7-2-10(9-14(15)19)8-13-16(23)20-18(25)21(17(13)24)11-3-5-12(22)6-4-11/h2-9,22H,1H3,(H,20,23,25)/b13-8+. The van der Waals surface area contributed by atoms with E-state index in [0.29, 0.717) is 15.8 Å². The second kappa shape index (κ2) is 7.01. The van der Waals surface area contributed by atoms with Crippen LogP contribution in [-0.4, -0.2) is 30.1 Å². The van der Waals surface area contributed by atoms with E-state index in [1.807, 2.05) is 0 Å². The Kier molecular flexibility index (Phi) is 4.77. The van der Waals surface area contributed by atoms with E-state index in [4.69, 9.17) is 4.74 Å². The van der Waals surface area contributed by atoms with Crippen molar-refractivity contribution in [3.63, 3.8) is 0 Å². The number of methoxy groups -OCH3 is 1. The third kappa shape index (κ3) is 3.31. The molecule has 1 saturated heterocycles. The molecule has 0 aromatic heterocycles. The van der Waals surface area contributed by atoms with E-state index in [9.17, 15) is 19.5 Å². The van der Waals surface area contributed by atoms with E-state index < -0.39 is 17.8 Å². The van der Waals surface area contributed by atoms with E-state index in [2.05, 4.69) is 21.2 Å². The maximum atomic E-state index is 12.7. The van der Waals surface area contributed by atoms with Crippen molar-refractivity contribution in [3.05, 3.63) is 58.1 Å². The Balaban J connectivity index is 1.99. The second-order valence-electron chi connectivity index (χ2n) is 5.37. The summed E-state index contributed by atoms with van der Waals surface area (Å²) in [6.45, 7) is 0. The zero-order valence-electron chi connectivity index (χ0n) is 13.5. The highest BCUT2D eigenvalue weighted by Crippen LogP contribution is 2.28. The molecule has 2 aromatic carbocycles. The molecule has 1 aliphatic rings. The van der Waals surface area contributed by atoms with Gasteiger partial charge in [-0.2, -0.15) is 0 Å². The molecule has 1 fully saturated rings. The average molecular weight is 417 g/mol. The topological polar surface area (TPSA) is 95.9 Å². The molecule has 1 aliphatic heterocycles. The van der Waals surface area contributed by atoms with Crippen LogP contribution in [0.2, 0.25) is 0 Å². The number of barbiturate groups is 1. The van der Waals surface area contributed by atoms with Gasteiger partial charge in [-0.25, -0.2) is 9.69 Å². The number of nitrogens with one attached hydrogen (secondary N) is 1. The van der Waals surface area contributed by atoms with Crippen molar-refractivity contribution in [3.8, 4) is 11.5 Å². The van der Waals surface area contributed by atoms with Gasteiger partial charge in [0.15, 0.2) is 0 Å². The SMILES string of the molecule is COc1ccc(/C=C2\C(=O)NC(=O)N(c3ccc(O)cc3)C2=O)cc1Br. The fourth-order valence-electron chi connectivity index (χ4n) is 2.43. The molecule has 1 heterocycles. The molecule has 7 nitrogen and oxygen atoms in total. The number of anilines is 1. The van der Waals surface area contributed by atoms with E-state index in [-0.39, 0.29) is 17.0 Å². The monoisotopic (exact) mass is 416 g/mol. The smallest absolute Gasteiger partial charge is 0.335 e. The molecule has 4 amide bonds. The fourth-order valence-corrected chi connectivity index (χ4v) is 2.99. The third-order valence-corrected chi connectivity index (χ3v) is 4.32. The molecular weight excluding hydrogens is 404 g/mol. The highest BCUT2D eigenvalue weighted by molar-refractivity contribution is 9.10. The number of phenolic OH excluding ortho intramolecular Hbond substituents is 1. The molecular formula is C18H13BrN2O5. The van der Waals surface area contributed by atoms with Crippen LogP contribution in [0.4, 0.5) is 10.5 Å². The highest BCUT2D eigenvalue weighted by atomic mass is 79.9. The van der Waals surface area contributed by atoms with Crippen molar-refractivity contribution in [1.29, 1.82) is 0 Å². The predicted molar refractivity (Wildman–Crippen MR) is 97.8 cm³/mol. The molecule has 26 heavy (non-hydrogen) atoms. The number of urea groups is 1. The first-order chi connectivity index (χ1) is 12.4. The fraction of sp³-hybridized carbons (Fsp3) is 0.0556. The maximum Gasteiger partial charge on any atom is 0.335 e. The summed E-state index contributed by atoms with van der Waals surface area (Å²) in [5.74, 6) is -0.931. The van der Waals surface area contributed by atoms with Crippen molar-refractivity contribution in [1.82, 2.24) is 5.32 Å². The summed E-state index contributed by atoms with van der Waals surface area (Å²) < 4.78 is 5.80. The minimum absolute atomic E-state index is 0.00598. The Morgan fingerprint density at radius 3 is 2.42 bits per heavy atom. The number of ether oxygens (including phenoxy) is 1. The van der Waals surface area contributed by atoms with Gasteiger partial charge in [-0.3, -0.25) is 14.9 Å². The predicted octanol–water partition coefficient (Wildman–Crippen LogP) is 2.83. The number of hydrogen-bond donors (Lipinski definition) is 2. The van der Waals surface area contributed by atoms with Crippen LogP contribution in [-0.2, 0) is 9.59 Å². The van der Waals surface area contributed by atoms with Gasteiger partial charge in [0.1, 0.15) is 17.1 Å². The number of nitrogens with zero attached hydrogens (tertiary/aromatic N) is 1. The Morgan fingerprint density at radius 2 is 1.81 bits per heavy atom. The van der Waals surface area contributed by atoms with Crippen LogP contribution in [0.15, 0.2) is 52.5 Å². The molecule has 0 bridgehead atoms.